The Hall–Kier alpha value is -1.26. The molecular formula is C16H27ClN4O4S. The van der Waals surface area contributed by atoms with Crippen LogP contribution in [0.15, 0.2) is 23.1 Å². The van der Waals surface area contributed by atoms with Crippen LogP contribution in [0.1, 0.15) is 12.8 Å². The fourth-order valence-corrected chi connectivity index (χ4v) is 4.14. The Morgan fingerprint density at radius 3 is 1.92 bits per heavy atom. The van der Waals surface area contributed by atoms with Gasteiger partial charge >= 0.3 is 0 Å². The first kappa shape index (κ1) is 22.8. The molecule has 0 aliphatic carbocycles. The average molecular weight is 407 g/mol. The molecule has 0 radical (unpaired) electrons. The van der Waals surface area contributed by atoms with Crippen LogP contribution in [0.3, 0.4) is 0 Å². The van der Waals surface area contributed by atoms with Crippen molar-refractivity contribution in [2.24, 2.45) is 0 Å². The maximum Gasteiger partial charge on any atom is 0.289 e. The molecule has 0 unspecified atom stereocenters. The summed E-state index contributed by atoms with van der Waals surface area (Å²) in [6.07, 6.45) is 1.34. The van der Waals surface area contributed by atoms with Crippen molar-refractivity contribution in [1.29, 1.82) is 0 Å². The van der Waals surface area contributed by atoms with Crippen LogP contribution < -0.4 is 0 Å². The molecule has 26 heavy (non-hydrogen) atoms. The number of nitrogens with zero attached hydrogens (tertiary/aromatic N) is 4. The molecule has 0 heterocycles. The molecule has 0 bridgehead atoms. The maximum absolute atomic E-state index is 13.0. The van der Waals surface area contributed by atoms with Crippen molar-refractivity contribution in [1.82, 2.24) is 14.1 Å². The Labute approximate surface area is 160 Å². The van der Waals surface area contributed by atoms with Crippen LogP contribution in [0, 0.1) is 10.1 Å². The van der Waals surface area contributed by atoms with Crippen LogP contribution in [0.25, 0.3) is 0 Å². The predicted molar refractivity (Wildman–Crippen MR) is 103 cm³/mol. The zero-order valence-electron chi connectivity index (χ0n) is 15.7. The van der Waals surface area contributed by atoms with Crippen molar-refractivity contribution in [3.8, 4) is 0 Å². The molecule has 10 heteroatoms. The van der Waals surface area contributed by atoms with Crippen LogP contribution in [0.4, 0.5) is 5.69 Å². The standard InChI is InChI=1S/C16H27ClN4O4S/c1-18(2)9-5-11-20(12-6-10-19(3)4)26(24,25)14-7-8-15(17)16(13-14)21(22)23/h7-8,13H,5-6,9-12H2,1-4H3. The van der Waals surface area contributed by atoms with Crippen molar-refractivity contribution < 1.29 is 13.3 Å². The first-order chi connectivity index (χ1) is 12.1. The molecule has 0 amide bonds. The van der Waals surface area contributed by atoms with E-state index in [1.54, 1.807) is 0 Å². The summed E-state index contributed by atoms with van der Waals surface area (Å²) in [5.41, 5.74) is -0.408. The Morgan fingerprint density at radius 1 is 1.00 bits per heavy atom. The molecule has 8 nitrogen and oxygen atoms in total. The highest BCUT2D eigenvalue weighted by Gasteiger charge is 2.27. The van der Waals surface area contributed by atoms with Gasteiger partial charge in [0.25, 0.3) is 5.69 Å². The normalized spacial score (nSPS) is 12.3. The maximum atomic E-state index is 13.0. The van der Waals surface area contributed by atoms with Crippen molar-refractivity contribution in [2.45, 2.75) is 17.7 Å². The highest BCUT2D eigenvalue weighted by molar-refractivity contribution is 7.89. The van der Waals surface area contributed by atoms with Gasteiger partial charge in [0.2, 0.25) is 10.0 Å². The van der Waals surface area contributed by atoms with E-state index >= 15 is 0 Å². The largest absolute Gasteiger partial charge is 0.309 e. The van der Waals surface area contributed by atoms with Crippen LogP contribution in [0.5, 0.6) is 0 Å². The van der Waals surface area contributed by atoms with Gasteiger partial charge in [0.1, 0.15) is 5.02 Å². The van der Waals surface area contributed by atoms with Gasteiger partial charge in [-0.05, 0) is 66.3 Å². The monoisotopic (exact) mass is 406 g/mol. The van der Waals surface area contributed by atoms with Gasteiger partial charge in [-0.1, -0.05) is 11.6 Å². The summed E-state index contributed by atoms with van der Waals surface area (Å²) in [5, 5.41) is 11.0. The van der Waals surface area contributed by atoms with Gasteiger partial charge in [0, 0.05) is 19.2 Å². The number of rotatable bonds is 11. The first-order valence-electron chi connectivity index (χ1n) is 8.29. The number of nitro benzene ring substituents is 1. The third kappa shape index (κ3) is 6.81. The smallest absolute Gasteiger partial charge is 0.289 e. The van der Waals surface area contributed by atoms with Crippen LogP contribution in [-0.2, 0) is 10.0 Å². The highest BCUT2D eigenvalue weighted by atomic mass is 35.5. The zero-order valence-corrected chi connectivity index (χ0v) is 17.3. The lowest BCUT2D eigenvalue weighted by Gasteiger charge is -2.23. The van der Waals surface area contributed by atoms with Crippen molar-refractivity contribution in [3.63, 3.8) is 0 Å². The lowest BCUT2D eigenvalue weighted by atomic mass is 10.3. The number of hydrogen-bond acceptors (Lipinski definition) is 6. The molecule has 0 atom stereocenters. The van der Waals surface area contributed by atoms with E-state index in [4.69, 9.17) is 11.6 Å². The zero-order chi connectivity index (χ0) is 19.9. The van der Waals surface area contributed by atoms with E-state index in [-0.39, 0.29) is 9.92 Å². The molecule has 0 fully saturated rings. The quantitative estimate of drug-likeness (QED) is 0.413. The summed E-state index contributed by atoms with van der Waals surface area (Å²) in [5.74, 6) is 0. The second-order valence-corrected chi connectivity index (χ2v) is 8.93. The Morgan fingerprint density at radius 2 is 1.50 bits per heavy atom. The van der Waals surface area contributed by atoms with Crippen LogP contribution >= 0.6 is 11.6 Å². The molecule has 0 aliphatic heterocycles. The molecule has 148 valence electrons. The lowest BCUT2D eigenvalue weighted by Crippen LogP contribution is -2.35. The second kappa shape index (κ2) is 10.2. The van der Waals surface area contributed by atoms with Gasteiger partial charge in [-0.2, -0.15) is 4.31 Å². The molecule has 0 saturated heterocycles. The molecule has 0 spiro atoms. The van der Waals surface area contributed by atoms with E-state index in [1.165, 1.54) is 16.4 Å². The summed E-state index contributed by atoms with van der Waals surface area (Å²) in [7, 11) is 3.86. The van der Waals surface area contributed by atoms with Gasteiger partial charge in [-0.25, -0.2) is 8.42 Å². The molecule has 0 aromatic heterocycles. The van der Waals surface area contributed by atoms with E-state index in [2.05, 4.69) is 0 Å². The number of nitro groups is 1. The third-order valence-electron chi connectivity index (χ3n) is 3.78. The van der Waals surface area contributed by atoms with E-state index in [9.17, 15) is 18.5 Å². The summed E-state index contributed by atoms with van der Waals surface area (Å²) in [6, 6.07) is 3.60. The highest BCUT2D eigenvalue weighted by Crippen LogP contribution is 2.28. The number of hydrogen-bond donors (Lipinski definition) is 0. The lowest BCUT2D eigenvalue weighted by molar-refractivity contribution is -0.384. The van der Waals surface area contributed by atoms with Crippen molar-refractivity contribution in [2.75, 3.05) is 54.4 Å². The average Bonchev–Trinajstić information content (AvgIpc) is 2.52. The minimum absolute atomic E-state index is 0.0827. The summed E-state index contributed by atoms with van der Waals surface area (Å²) >= 11 is 5.80. The third-order valence-corrected chi connectivity index (χ3v) is 5.99. The molecule has 0 N–H and O–H groups in total. The van der Waals surface area contributed by atoms with E-state index in [0.29, 0.717) is 25.9 Å². The van der Waals surface area contributed by atoms with Crippen LogP contribution in [0.2, 0.25) is 5.02 Å². The molecule has 1 aromatic carbocycles. The number of sulfonamides is 1. The molecule has 0 saturated carbocycles. The summed E-state index contributed by atoms with van der Waals surface area (Å²) in [4.78, 5) is 14.2. The Bertz CT molecular complexity index is 696. The molecule has 0 aliphatic rings. The fourth-order valence-electron chi connectivity index (χ4n) is 2.42. The topological polar surface area (TPSA) is 87.0 Å². The van der Waals surface area contributed by atoms with Gasteiger partial charge in [-0.15, -0.1) is 0 Å². The van der Waals surface area contributed by atoms with Gasteiger partial charge in [0.05, 0.1) is 9.82 Å². The van der Waals surface area contributed by atoms with Crippen molar-refractivity contribution >= 4 is 27.3 Å². The first-order valence-corrected chi connectivity index (χ1v) is 10.1. The Balaban J connectivity index is 3.07. The van der Waals surface area contributed by atoms with Gasteiger partial charge in [-0.3, -0.25) is 10.1 Å². The SMILES string of the molecule is CN(C)CCCN(CCCN(C)C)S(=O)(=O)c1ccc(Cl)c([N+](=O)[O-])c1. The molecular weight excluding hydrogens is 380 g/mol. The minimum Gasteiger partial charge on any atom is -0.309 e. The number of halogens is 1. The Kier molecular flexibility index (Phi) is 8.91. The summed E-state index contributed by atoms with van der Waals surface area (Å²) < 4.78 is 27.4. The second-order valence-electron chi connectivity index (χ2n) is 6.59. The molecule has 1 aromatic rings. The van der Waals surface area contributed by atoms with Crippen molar-refractivity contribution in [3.05, 3.63) is 33.3 Å². The van der Waals surface area contributed by atoms with E-state index in [1.807, 2.05) is 38.0 Å². The number of benzene rings is 1. The fraction of sp³-hybridized carbons (Fsp3) is 0.625. The van der Waals surface area contributed by atoms with Gasteiger partial charge < -0.3 is 9.80 Å². The minimum atomic E-state index is -3.84. The van der Waals surface area contributed by atoms with Gasteiger partial charge in [0.15, 0.2) is 0 Å². The summed E-state index contributed by atoms with van der Waals surface area (Å²) in [6.45, 7) is 2.20. The van der Waals surface area contributed by atoms with E-state index < -0.39 is 20.6 Å². The predicted octanol–water partition coefficient (Wildman–Crippen LogP) is 2.14. The molecule has 1 rings (SSSR count). The van der Waals surface area contributed by atoms with E-state index in [0.717, 1.165) is 19.2 Å². The van der Waals surface area contributed by atoms with Crippen LogP contribution in [-0.4, -0.2) is 81.8 Å².